The molecule has 0 aliphatic carbocycles. The SMILES string of the molecule is N#CC(C(=O)c1ccc(F)c(F)c1F)c1ccccc1Cl. The summed E-state index contributed by atoms with van der Waals surface area (Å²) in [6.45, 7) is 0. The molecule has 0 fully saturated rings. The van der Waals surface area contributed by atoms with Gasteiger partial charge < -0.3 is 0 Å². The molecule has 0 saturated heterocycles. The first-order valence-corrected chi connectivity index (χ1v) is 6.17. The molecular formula is C15H7ClF3NO. The zero-order valence-corrected chi connectivity index (χ0v) is 11.2. The number of carbonyl (C=O) groups excluding carboxylic acids is 1. The summed E-state index contributed by atoms with van der Waals surface area (Å²) in [5.41, 5.74) is -0.517. The minimum atomic E-state index is -1.75. The standard InChI is InChI=1S/C15H7ClF3NO/c16-11-4-2-1-3-8(11)10(7-20)15(21)9-5-6-12(17)14(19)13(9)18/h1-6,10H. The van der Waals surface area contributed by atoms with Crippen LogP contribution >= 0.6 is 11.6 Å². The fourth-order valence-corrected chi connectivity index (χ4v) is 2.10. The third kappa shape index (κ3) is 2.76. The van der Waals surface area contributed by atoms with Crippen molar-refractivity contribution in [2.75, 3.05) is 0 Å². The molecule has 0 spiro atoms. The summed E-state index contributed by atoms with van der Waals surface area (Å²) in [6.07, 6.45) is 0. The van der Waals surface area contributed by atoms with E-state index >= 15 is 0 Å². The Morgan fingerprint density at radius 2 is 1.76 bits per heavy atom. The quantitative estimate of drug-likeness (QED) is 0.628. The third-order valence-electron chi connectivity index (χ3n) is 2.91. The molecule has 0 aliphatic heterocycles. The number of benzene rings is 2. The molecule has 2 nitrogen and oxygen atoms in total. The molecule has 2 rings (SSSR count). The highest BCUT2D eigenvalue weighted by Crippen LogP contribution is 2.28. The van der Waals surface area contributed by atoms with Crippen LogP contribution in [-0.2, 0) is 0 Å². The summed E-state index contributed by atoms with van der Waals surface area (Å²) in [5.74, 6) is -7.17. The summed E-state index contributed by atoms with van der Waals surface area (Å²) >= 11 is 5.89. The molecule has 1 atom stereocenters. The van der Waals surface area contributed by atoms with Crippen molar-refractivity contribution in [3.8, 4) is 6.07 Å². The maximum Gasteiger partial charge on any atom is 0.195 e. The zero-order chi connectivity index (χ0) is 15.6. The summed E-state index contributed by atoms with van der Waals surface area (Å²) in [6, 6.07) is 9.20. The van der Waals surface area contributed by atoms with Gasteiger partial charge in [-0.15, -0.1) is 0 Å². The van der Waals surface area contributed by atoms with Crippen molar-refractivity contribution < 1.29 is 18.0 Å². The van der Waals surface area contributed by atoms with Crippen LogP contribution in [-0.4, -0.2) is 5.78 Å². The van der Waals surface area contributed by atoms with E-state index in [4.69, 9.17) is 16.9 Å². The first-order chi connectivity index (χ1) is 9.97. The molecular weight excluding hydrogens is 303 g/mol. The molecule has 6 heteroatoms. The highest BCUT2D eigenvalue weighted by atomic mass is 35.5. The Balaban J connectivity index is 2.51. The highest BCUT2D eigenvalue weighted by molar-refractivity contribution is 6.31. The van der Waals surface area contributed by atoms with Gasteiger partial charge in [-0.05, 0) is 23.8 Å². The number of nitriles is 1. The Morgan fingerprint density at radius 1 is 1.10 bits per heavy atom. The van der Waals surface area contributed by atoms with Crippen molar-refractivity contribution in [2.24, 2.45) is 0 Å². The summed E-state index contributed by atoms with van der Waals surface area (Å²) in [4.78, 5) is 12.2. The Bertz CT molecular complexity index is 755. The fourth-order valence-electron chi connectivity index (χ4n) is 1.85. The van der Waals surface area contributed by atoms with Crippen LogP contribution in [0.3, 0.4) is 0 Å². The van der Waals surface area contributed by atoms with Crippen LogP contribution in [0.2, 0.25) is 5.02 Å². The van der Waals surface area contributed by atoms with Crippen molar-refractivity contribution in [1.29, 1.82) is 5.26 Å². The summed E-state index contributed by atoms with van der Waals surface area (Å²) in [5, 5.41) is 9.28. The van der Waals surface area contributed by atoms with E-state index in [1.54, 1.807) is 18.2 Å². The second-order valence-corrected chi connectivity index (χ2v) is 4.58. The normalized spacial score (nSPS) is 11.8. The average molecular weight is 310 g/mol. The lowest BCUT2D eigenvalue weighted by Crippen LogP contribution is -2.14. The van der Waals surface area contributed by atoms with Gasteiger partial charge in [0.2, 0.25) is 0 Å². The van der Waals surface area contributed by atoms with Crippen LogP contribution in [0.5, 0.6) is 0 Å². The molecule has 0 bridgehead atoms. The Hall–Kier alpha value is -2.32. The van der Waals surface area contributed by atoms with Crippen LogP contribution in [0.25, 0.3) is 0 Å². The van der Waals surface area contributed by atoms with Gasteiger partial charge in [-0.1, -0.05) is 29.8 Å². The molecule has 0 N–H and O–H groups in total. The van der Waals surface area contributed by atoms with E-state index in [-0.39, 0.29) is 10.6 Å². The molecule has 1 unspecified atom stereocenters. The molecule has 0 aromatic heterocycles. The number of Topliss-reactive ketones (excluding diaryl/α,β-unsaturated/α-hetero) is 1. The van der Waals surface area contributed by atoms with E-state index in [1.807, 2.05) is 0 Å². The van der Waals surface area contributed by atoms with Crippen LogP contribution in [0, 0.1) is 28.8 Å². The lowest BCUT2D eigenvalue weighted by molar-refractivity contribution is 0.0973. The number of carbonyl (C=O) groups is 1. The predicted octanol–water partition coefficient (Wildman–Crippen LogP) is 4.25. The minimum Gasteiger partial charge on any atom is -0.292 e. The molecule has 0 saturated carbocycles. The van der Waals surface area contributed by atoms with E-state index in [9.17, 15) is 18.0 Å². The number of ketones is 1. The number of nitrogens with zero attached hydrogens (tertiary/aromatic N) is 1. The largest absolute Gasteiger partial charge is 0.292 e. The average Bonchev–Trinajstić information content (AvgIpc) is 2.47. The molecule has 21 heavy (non-hydrogen) atoms. The molecule has 106 valence electrons. The molecule has 0 heterocycles. The highest BCUT2D eigenvalue weighted by Gasteiger charge is 2.28. The van der Waals surface area contributed by atoms with Gasteiger partial charge in [0.15, 0.2) is 23.2 Å². The van der Waals surface area contributed by atoms with Gasteiger partial charge in [-0.3, -0.25) is 4.79 Å². The van der Waals surface area contributed by atoms with E-state index in [0.29, 0.717) is 6.07 Å². The molecule has 0 amide bonds. The zero-order valence-electron chi connectivity index (χ0n) is 10.4. The smallest absolute Gasteiger partial charge is 0.195 e. The maximum absolute atomic E-state index is 13.6. The van der Waals surface area contributed by atoms with Gasteiger partial charge in [0.1, 0.15) is 5.92 Å². The lowest BCUT2D eigenvalue weighted by atomic mass is 9.91. The summed E-state index contributed by atoms with van der Waals surface area (Å²) < 4.78 is 39.7. The molecule has 0 aliphatic rings. The Morgan fingerprint density at radius 3 is 2.38 bits per heavy atom. The van der Waals surface area contributed by atoms with Crippen LogP contribution < -0.4 is 0 Å². The molecule has 0 radical (unpaired) electrons. The lowest BCUT2D eigenvalue weighted by Gasteiger charge is -2.11. The molecule has 2 aromatic carbocycles. The van der Waals surface area contributed by atoms with E-state index in [0.717, 1.165) is 6.07 Å². The number of hydrogen-bond donors (Lipinski definition) is 0. The second-order valence-electron chi connectivity index (χ2n) is 4.17. The molecule has 2 aromatic rings. The van der Waals surface area contributed by atoms with E-state index < -0.39 is 34.7 Å². The van der Waals surface area contributed by atoms with Gasteiger partial charge in [-0.2, -0.15) is 5.26 Å². The maximum atomic E-state index is 13.6. The third-order valence-corrected chi connectivity index (χ3v) is 3.25. The Kier molecular flexibility index (Phi) is 4.29. The van der Waals surface area contributed by atoms with Crippen molar-refractivity contribution >= 4 is 17.4 Å². The van der Waals surface area contributed by atoms with Gasteiger partial charge in [-0.25, -0.2) is 13.2 Å². The van der Waals surface area contributed by atoms with Crippen LogP contribution in [0.15, 0.2) is 36.4 Å². The van der Waals surface area contributed by atoms with E-state index in [2.05, 4.69) is 0 Å². The monoisotopic (exact) mass is 309 g/mol. The summed E-state index contributed by atoms with van der Waals surface area (Å²) in [7, 11) is 0. The van der Waals surface area contributed by atoms with Gasteiger partial charge in [0.05, 0.1) is 11.6 Å². The van der Waals surface area contributed by atoms with Crippen molar-refractivity contribution in [2.45, 2.75) is 5.92 Å². The van der Waals surface area contributed by atoms with Crippen molar-refractivity contribution in [1.82, 2.24) is 0 Å². The number of rotatable bonds is 3. The van der Waals surface area contributed by atoms with Crippen molar-refractivity contribution in [3.05, 3.63) is 70.0 Å². The first-order valence-electron chi connectivity index (χ1n) is 5.79. The predicted molar refractivity (Wildman–Crippen MR) is 70.5 cm³/mol. The minimum absolute atomic E-state index is 0.153. The van der Waals surface area contributed by atoms with Crippen LogP contribution in [0.1, 0.15) is 21.8 Å². The van der Waals surface area contributed by atoms with Gasteiger partial charge in [0.25, 0.3) is 0 Å². The van der Waals surface area contributed by atoms with Gasteiger partial charge in [0, 0.05) is 5.02 Å². The number of hydrogen-bond acceptors (Lipinski definition) is 2. The fraction of sp³-hybridized carbons (Fsp3) is 0.0667. The van der Waals surface area contributed by atoms with Crippen LogP contribution in [0.4, 0.5) is 13.2 Å². The topological polar surface area (TPSA) is 40.9 Å². The first kappa shape index (κ1) is 15.1. The van der Waals surface area contributed by atoms with Crippen molar-refractivity contribution in [3.63, 3.8) is 0 Å². The second kappa shape index (κ2) is 5.98. The number of halogens is 4. The van der Waals surface area contributed by atoms with E-state index in [1.165, 1.54) is 12.1 Å². The Labute approximate surface area is 123 Å². The van der Waals surface area contributed by atoms with Gasteiger partial charge >= 0.3 is 0 Å².